The lowest BCUT2D eigenvalue weighted by Gasteiger charge is -2.25. The summed E-state index contributed by atoms with van der Waals surface area (Å²) >= 11 is 0. The van der Waals surface area contributed by atoms with Crippen molar-refractivity contribution in [3.63, 3.8) is 0 Å². The summed E-state index contributed by atoms with van der Waals surface area (Å²) < 4.78 is 57.9. The minimum Gasteiger partial charge on any atom is -0.373 e. The summed E-state index contributed by atoms with van der Waals surface area (Å²) in [6.45, 7) is 0. The second-order valence-electron chi connectivity index (χ2n) is 5.86. The number of fused-ring (bicyclic) bond motifs is 2. The number of carbonyl (C=O) groups excluding carboxylic acids is 1. The average Bonchev–Trinajstić information content (AvgIpc) is 3.07. The highest BCUT2D eigenvalue weighted by Crippen LogP contribution is 2.35. The molecule has 0 saturated carbocycles. The van der Waals surface area contributed by atoms with Crippen LogP contribution < -0.4 is 10.6 Å². The SMILES string of the molecule is O=C(N[C@@H]1C[C@H]2CC[C@@H]1O2)N[C@@H](c1ccc(F)cc1)C(F)(F)F. The van der Waals surface area contributed by atoms with E-state index in [1.165, 1.54) is 0 Å². The van der Waals surface area contributed by atoms with Crippen LogP contribution in [0, 0.1) is 5.82 Å². The maximum atomic E-state index is 13.2. The lowest BCUT2D eigenvalue weighted by atomic mass is 9.96. The van der Waals surface area contributed by atoms with Crippen molar-refractivity contribution in [3.05, 3.63) is 35.6 Å². The van der Waals surface area contributed by atoms with E-state index in [-0.39, 0.29) is 23.8 Å². The van der Waals surface area contributed by atoms with Crippen LogP contribution in [0.3, 0.4) is 0 Å². The van der Waals surface area contributed by atoms with Crippen LogP contribution in [-0.4, -0.2) is 30.5 Å². The number of ether oxygens (including phenoxy) is 1. The monoisotopic (exact) mass is 332 g/mol. The molecule has 0 aromatic heterocycles. The van der Waals surface area contributed by atoms with E-state index < -0.39 is 24.1 Å². The van der Waals surface area contributed by atoms with Gasteiger partial charge in [0.25, 0.3) is 0 Å². The Morgan fingerprint density at radius 2 is 1.91 bits per heavy atom. The van der Waals surface area contributed by atoms with Gasteiger partial charge in [0.2, 0.25) is 0 Å². The molecule has 0 unspecified atom stereocenters. The number of alkyl halides is 3. The Bertz CT molecular complexity index is 576. The number of rotatable bonds is 3. The molecule has 2 aliphatic rings. The Hall–Kier alpha value is -1.83. The van der Waals surface area contributed by atoms with Crippen LogP contribution in [0.4, 0.5) is 22.4 Å². The van der Waals surface area contributed by atoms with Crippen molar-refractivity contribution in [2.75, 3.05) is 0 Å². The van der Waals surface area contributed by atoms with Crippen LogP contribution in [-0.2, 0) is 4.74 Å². The first kappa shape index (κ1) is 16.0. The zero-order chi connectivity index (χ0) is 16.6. The van der Waals surface area contributed by atoms with E-state index in [2.05, 4.69) is 5.32 Å². The number of benzene rings is 1. The molecule has 2 saturated heterocycles. The van der Waals surface area contributed by atoms with Gasteiger partial charge in [-0.05, 0) is 37.0 Å². The third-order valence-electron chi connectivity index (χ3n) is 4.23. The van der Waals surface area contributed by atoms with Gasteiger partial charge in [-0.15, -0.1) is 0 Å². The lowest BCUT2D eigenvalue weighted by Crippen LogP contribution is -2.49. The summed E-state index contributed by atoms with van der Waals surface area (Å²) in [6, 6.07) is 0.508. The largest absolute Gasteiger partial charge is 0.412 e. The molecule has 0 spiro atoms. The molecule has 1 aromatic carbocycles. The zero-order valence-corrected chi connectivity index (χ0v) is 12.1. The molecule has 0 aliphatic carbocycles. The van der Waals surface area contributed by atoms with E-state index in [9.17, 15) is 22.4 Å². The molecule has 4 nitrogen and oxygen atoms in total. The number of carbonyl (C=O) groups is 1. The van der Waals surface area contributed by atoms with Crippen molar-refractivity contribution in [1.29, 1.82) is 0 Å². The van der Waals surface area contributed by atoms with E-state index >= 15 is 0 Å². The van der Waals surface area contributed by atoms with Crippen LogP contribution in [0.15, 0.2) is 24.3 Å². The molecule has 4 atom stereocenters. The molecule has 23 heavy (non-hydrogen) atoms. The molecule has 2 bridgehead atoms. The molecule has 8 heteroatoms. The molecule has 2 aliphatic heterocycles. The Labute approximate surface area is 130 Å². The van der Waals surface area contributed by atoms with Crippen molar-refractivity contribution >= 4 is 6.03 Å². The van der Waals surface area contributed by atoms with Gasteiger partial charge < -0.3 is 15.4 Å². The van der Waals surface area contributed by atoms with Crippen LogP contribution in [0.25, 0.3) is 0 Å². The minimum absolute atomic E-state index is 0.0841. The van der Waals surface area contributed by atoms with Crippen molar-refractivity contribution in [1.82, 2.24) is 10.6 Å². The molecular formula is C15H16F4N2O2. The highest BCUT2D eigenvalue weighted by molar-refractivity contribution is 5.75. The smallest absolute Gasteiger partial charge is 0.373 e. The van der Waals surface area contributed by atoms with Gasteiger partial charge in [-0.3, -0.25) is 0 Å². The molecule has 2 heterocycles. The molecule has 2 N–H and O–H groups in total. The average molecular weight is 332 g/mol. The van der Waals surface area contributed by atoms with Gasteiger partial charge in [-0.25, -0.2) is 9.18 Å². The number of hydrogen-bond donors (Lipinski definition) is 2. The van der Waals surface area contributed by atoms with Crippen LogP contribution in [0.1, 0.15) is 30.9 Å². The van der Waals surface area contributed by atoms with Crippen molar-refractivity contribution < 1.29 is 27.1 Å². The van der Waals surface area contributed by atoms with Gasteiger partial charge in [0.05, 0.1) is 18.2 Å². The van der Waals surface area contributed by atoms with Gasteiger partial charge in [0.15, 0.2) is 6.04 Å². The molecule has 126 valence electrons. The summed E-state index contributed by atoms with van der Waals surface area (Å²) in [5.74, 6) is -0.641. The number of hydrogen-bond acceptors (Lipinski definition) is 2. The highest BCUT2D eigenvalue weighted by atomic mass is 19.4. The number of nitrogens with one attached hydrogen (secondary N) is 2. The first-order valence-corrected chi connectivity index (χ1v) is 7.37. The van der Waals surface area contributed by atoms with Gasteiger partial charge >= 0.3 is 12.2 Å². The van der Waals surface area contributed by atoms with E-state index in [1.54, 1.807) is 0 Å². The lowest BCUT2D eigenvalue weighted by molar-refractivity contribution is -0.155. The van der Waals surface area contributed by atoms with Crippen LogP contribution in [0.5, 0.6) is 0 Å². The summed E-state index contributed by atoms with van der Waals surface area (Å²) in [5.41, 5.74) is -0.224. The maximum absolute atomic E-state index is 13.2. The van der Waals surface area contributed by atoms with Crippen LogP contribution >= 0.6 is 0 Å². The predicted molar refractivity (Wildman–Crippen MR) is 73.2 cm³/mol. The zero-order valence-electron chi connectivity index (χ0n) is 12.1. The van der Waals surface area contributed by atoms with Crippen molar-refractivity contribution in [2.45, 2.75) is 49.7 Å². The maximum Gasteiger partial charge on any atom is 0.412 e. The fourth-order valence-electron chi connectivity index (χ4n) is 3.14. The summed E-state index contributed by atoms with van der Waals surface area (Å²) in [6.07, 6.45) is -2.38. The molecule has 0 radical (unpaired) electrons. The summed E-state index contributed by atoms with van der Waals surface area (Å²) in [4.78, 5) is 11.9. The van der Waals surface area contributed by atoms with Crippen molar-refractivity contribution in [3.8, 4) is 0 Å². The Morgan fingerprint density at radius 3 is 2.43 bits per heavy atom. The van der Waals surface area contributed by atoms with E-state index in [1.807, 2.05) is 5.32 Å². The van der Waals surface area contributed by atoms with Gasteiger partial charge in [-0.1, -0.05) is 12.1 Å². The molecule has 1 aromatic rings. The van der Waals surface area contributed by atoms with Crippen molar-refractivity contribution in [2.24, 2.45) is 0 Å². The molecule has 3 rings (SSSR count). The van der Waals surface area contributed by atoms with E-state index in [0.717, 1.165) is 37.1 Å². The van der Waals surface area contributed by atoms with E-state index in [4.69, 9.17) is 4.74 Å². The van der Waals surface area contributed by atoms with Crippen LogP contribution in [0.2, 0.25) is 0 Å². The predicted octanol–water partition coefficient (Wildman–Crippen LogP) is 3.05. The normalized spacial score (nSPS) is 27.7. The topological polar surface area (TPSA) is 50.4 Å². The summed E-state index contributed by atoms with van der Waals surface area (Å²) in [5, 5.41) is 4.47. The van der Waals surface area contributed by atoms with Gasteiger partial charge in [-0.2, -0.15) is 13.2 Å². The Kier molecular flexibility index (Phi) is 4.18. The number of urea groups is 1. The fraction of sp³-hybridized carbons (Fsp3) is 0.533. The standard InChI is InChI=1S/C15H16F4N2O2/c16-9-3-1-8(2-4-9)13(15(17,18)19)21-14(22)20-11-7-10-5-6-12(11)23-10/h1-4,10-13H,5-7H2,(H2,20,21,22)/t10-,11-,12+,13+/m1/s1. The first-order valence-electron chi connectivity index (χ1n) is 7.37. The highest BCUT2D eigenvalue weighted by Gasteiger charge is 2.44. The second-order valence-corrected chi connectivity index (χ2v) is 5.86. The van der Waals surface area contributed by atoms with Gasteiger partial charge in [0, 0.05) is 0 Å². The number of amides is 2. The second kappa shape index (κ2) is 5.99. The Balaban J connectivity index is 1.66. The van der Waals surface area contributed by atoms with E-state index in [0.29, 0.717) is 6.42 Å². The fourth-order valence-corrected chi connectivity index (χ4v) is 3.14. The number of halogens is 4. The first-order chi connectivity index (χ1) is 10.8. The Morgan fingerprint density at radius 1 is 1.22 bits per heavy atom. The van der Waals surface area contributed by atoms with Gasteiger partial charge in [0.1, 0.15) is 5.82 Å². The molecular weight excluding hydrogens is 316 g/mol. The quantitative estimate of drug-likeness (QED) is 0.836. The molecule has 2 amide bonds. The minimum atomic E-state index is -4.68. The summed E-state index contributed by atoms with van der Waals surface area (Å²) in [7, 11) is 0. The third-order valence-corrected chi connectivity index (χ3v) is 4.23. The third kappa shape index (κ3) is 3.57. The molecule has 2 fully saturated rings.